The molecule has 0 saturated carbocycles. The van der Waals surface area contributed by atoms with E-state index in [-0.39, 0.29) is 5.82 Å². The maximum atomic E-state index is 13.7. The number of nitrogens with one attached hydrogen (secondary N) is 2. The fourth-order valence-corrected chi connectivity index (χ4v) is 2.39. The molecule has 2 heterocycles. The molecule has 0 aliphatic carbocycles. The number of H-pyrrole nitrogens is 2. The minimum absolute atomic E-state index is 0.294. The molecule has 1 aromatic carbocycles. The van der Waals surface area contributed by atoms with Gasteiger partial charge in [-0.1, -0.05) is 15.9 Å². The highest BCUT2D eigenvalue weighted by Crippen LogP contribution is 2.17. The van der Waals surface area contributed by atoms with Gasteiger partial charge in [-0.3, -0.25) is 5.10 Å². The molecule has 2 aromatic heterocycles. The second-order valence-corrected chi connectivity index (χ2v) is 5.81. The summed E-state index contributed by atoms with van der Waals surface area (Å²) in [5.41, 5.74) is 1.82. The highest BCUT2D eigenvalue weighted by Gasteiger charge is 2.11. The monoisotopic (exact) mass is 380 g/mol. The molecule has 0 aliphatic rings. The average molecular weight is 381 g/mol. The minimum atomic E-state index is -0.376. The maximum absolute atomic E-state index is 13.7. The molecule has 3 rings (SSSR count). The van der Waals surface area contributed by atoms with Gasteiger partial charge in [-0.2, -0.15) is 20.0 Å². The summed E-state index contributed by atoms with van der Waals surface area (Å²) in [4.78, 5) is 0. The smallest absolute Gasteiger partial charge is 0.216 e. The first kappa shape index (κ1) is 14.8. The fraction of sp³-hybridized carbons (Fsp3) is 0.0769. The fourth-order valence-electron chi connectivity index (χ4n) is 1.83. The molecule has 2 N–H and O–H groups in total. The Hall–Kier alpha value is -2.13. The summed E-state index contributed by atoms with van der Waals surface area (Å²) < 4.78 is 16.2. The predicted octanol–water partition coefficient (Wildman–Crippen LogP) is 3.42. The molecule has 0 aliphatic heterocycles. The Bertz CT molecular complexity index is 909. The molecule has 0 unspecified atom stereocenters. The number of nitrogens with zero attached hydrogens (tertiary/aromatic N) is 4. The van der Waals surface area contributed by atoms with E-state index in [1.54, 1.807) is 12.1 Å². The van der Waals surface area contributed by atoms with E-state index < -0.39 is 0 Å². The number of hydrogen-bond donors (Lipinski definition) is 2. The summed E-state index contributed by atoms with van der Waals surface area (Å²) in [5.74, 6) is 0.0696. The third-order valence-corrected chi connectivity index (χ3v) is 3.61. The zero-order chi connectivity index (χ0) is 15.7. The van der Waals surface area contributed by atoms with Gasteiger partial charge >= 0.3 is 0 Å². The predicted molar refractivity (Wildman–Crippen MR) is 86.8 cm³/mol. The zero-order valence-electron chi connectivity index (χ0n) is 11.3. The summed E-state index contributed by atoms with van der Waals surface area (Å²) in [6.07, 6.45) is 1.38. The summed E-state index contributed by atoms with van der Waals surface area (Å²) in [5, 5.41) is 17.9. The standard InChI is InChI=1S/C13H10BrFN6S/c1-7-4-11(18-17-7)12-19-20-13(22)21(12)16-6-8-5-9(14)2-3-10(8)15/h2-6H,1H3,(H,17,18)(H,20,22)/b16-6-. The van der Waals surface area contributed by atoms with Gasteiger partial charge in [0, 0.05) is 15.7 Å². The van der Waals surface area contributed by atoms with Crippen LogP contribution in [0.4, 0.5) is 4.39 Å². The largest absolute Gasteiger partial charge is 0.282 e. The van der Waals surface area contributed by atoms with Crippen LogP contribution in [-0.4, -0.2) is 31.3 Å². The van der Waals surface area contributed by atoms with Gasteiger partial charge in [0.25, 0.3) is 0 Å². The molecular formula is C13H10BrFN6S. The van der Waals surface area contributed by atoms with Gasteiger partial charge in [0.1, 0.15) is 11.5 Å². The molecule has 0 spiro atoms. The Kier molecular flexibility index (Phi) is 3.99. The summed E-state index contributed by atoms with van der Waals surface area (Å²) in [7, 11) is 0. The SMILES string of the molecule is Cc1cc(-c2n[nH]c(=S)n2/N=C\c2cc(Br)ccc2F)n[nH]1. The number of hydrogen-bond acceptors (Lipinski definition) is 4. The van der Waals surface area contributed by atoms with Crippen LogP contribution in [0.5, 0.6) is 0 Å². The van der Waals surface area contributed by atoms with Crippen LogP contribution < -0.4 is 0 Å². The van der Waals surface area contributed by atoms with E-state index in [4.69, 9.17) is 12.2 Å². The van der Waals surface area contributed by atoms with Gasteiger partial charge in [-0.15, -0.1) is 0 Å². The number of aromatic nitrogens is 5. The topological polar surface area (TPSA) is 74.7 Å². The van der Waals surface area contributed by atoms with Crippen LogP contribution in [0.3, 0.4) is 0 Å². The highest BCUT2D eigenvalue weighted by atomic mass is 79.9. The van der Waals surface area contributed by atoms with Crippen LogP contribution >= 0.6 is 28.1 Å². The zero-order valence-corrected chi connectivity index (χ0v) is 13.7. The summed E-state index contributed by atoms with van der Waals surface area (Å²) in [6.45, 7) is 1.88. The first-order valence-electron chi connectivity index (χ1n) is 6.24. The molecule has 0 radical (unpaired) electrons. The van der Waals surface area contributed by atoms with Gasteiger partial charge < -0.3 is 0 Å². The Morgan fingerprint density at radius 3 is 2.86 bits per heavy atom. The van der Waals surface area contributed by atoms with Crippen molar-refractivity contribution in [2.24, 2.45) is 5.10 Å². The Morgan fingerprint density at radius 2 is 2.14 bits per heavy atom. The van der Waals surface area contributed by atoms with Crippen molar-refractivity contribution in [2.75, 3.05) is 0 Å². The molecule has 6 nitrogen and oxygen atoms in total. The van der Waals surface area contributed by atoms with Crippen LogP contribution in [0.25, 0.3) is 11.5 Å². The molecule has 22 heavy (non-hydrogen) atoms. The molecule has 0 saturated heterocycles. The normalized spacial score (nSPS) is 11.4. The van der Waals surface area contributed by atoms with Crippen LogP contribution in [-0.2, 0) is 0 Å². The first-order valence-corrected chi connectivity index (χ1v) is 7.44. The van der Waals surface area contributed by atoms with E-state index in [1.165, 1.54) is 17.0 Å². The van der Waals surface area contributed by atoms with Crippen molar-refractivity contribution in [3.8, 4) is 11.5 Å². The first-order chi connectivity index (χ1) is 10.5. The molecule has 3 aromatic rings. The quantitative estimate of drug-likeness (QED) is 0.539. The lowest BCUT2D eigenvalue weighted by Gasteiger charge is -1.99. The van der Waals surface area contributed by atoms with E-state index in [0.29, 0.717) is 21.9 Å². The molecule has 9 heteroatoms. The average Bonchev–Trinajstić information content (AvgIpc) is 3.06. The van der Waals surface area contributed by atoms with Crippen molar-refractivity contribution < 1.29 is 4.39 Å². The Balaban J connectivity index is 2.02. The Morgan fingerprint density at radius 1 is 1.32 bits per heavy atom. The lowest BCUT2D eigenvalue weighted by Crippen LogP contribution is -1.96. The maximum Gasteiger partial charge on any atom is 0.216 e. The third kappa shape index (κ3) is 2.90. The molecular weight excluding hydrogens is 371 g/mol. The van der Waals surface area contributed by atoms with Crippen molar-refractivity contribution in [1.82, 2.24) is 25.1 Å². The van der Waals surface area contributed by atoms with Gasteiger partial charge in [0.15, 0.2) is 0 Å². The lowest BCUT2D eigenvalue weighted by atomic mass is 10.2. The number of halogens is 2. The van der Waals surface area contributed by atoms with Crippen LogP contribution in [0.15, 0.2) is 33.8 Å². The second kappa shape index (κ2) is 5.93. The van der Waals surface area contributed by atoms with Crippen molar-refractivity contribution in [2.45, 2.75) is 6.92 Å². The van der Waals surface area contributed by atoms with Crippen molar-refractivity contribution in [1.29, 1.82) is 0 Å². The molecule has 0 fully saturated rings. The second-order valence-electron chi connectivity index (χ2n) is 4.51. The summed E-state index contributed by atoms with van der Waals surface area (Å²) in [6, 6.07) is 6.42. The van der Waals surface area contributed by atoms with Gasteiger partial charge in [0.05, 0.1) is 6.21 Å². The molecule has 0 atom stereocenters. The van der Waals surface area contributed by atoms with Gasteiger partial charge in [-0.25, -0.2) is 9.49 Å². The number of aromatic amines is 2. The van der Waals surface area contributed by atoms with Crippen molar-refractivity contribution >= 4 is 34.4 Å². The third-order valence-electron chi connectivity index (χ3n) is 2.86. The molecule has 112 valence electrons. The van der Waals surface area contributed by atoms with Crippen LogP contribution in [0, 0.1) is 17.5 Å². The van der Waals surface area contributed by atoms with E-state index >= 15 is 0 Å². The minimum Gasteiger partial charge on any atom is -0.282 e. The Labute approximate surface area is 138 Å². The number of benzene rings is 1. The van der Waals surface area contributed by atoms with Gasteiger partial charge in [-0.05, 0) is 43.4 Å². The van der Waals surface area contributed by atoms with E-state index in [2.05, 4.69) is 41.4 Å². The van der Waals surface area contributed by atoms with Crippen LogP contribution in [0.1, 0.15) is 11.3 Å². The van der Waals surface area contributed by atoms with E-state index in [0.717, 1.165) is 10.2 Å². The highest BCUT2D eigenvalue weighted by molar-refractivity contribution is 9.10. The number of aryl methyl sites for hydroxylation is 1. The van der Waals surface area contributed by atoms with Gasteiger partial charge in [0.2, 0.25) is 10.6 Å². The van der Waals surface area contributed by atoms with E-state index in [1.807, 2.05) is 13.0 Å². The van der Waals surface area contributed by atoms with Crippen molar-refractivity contribution in [3.63, 3.8) is 0 Å². The van der Waals surface area contributed by atoms with Crippen LogP contribution in [0.2, 0.25) is 0 Å². The number of rotatable bonds is 3. The summed E-state index contributed by atoms with van der Waals surface area (Å²) >= 11 is 8.44. The molecule has 0 amide bonds. The lowest BCUT2D eigenvalue weighted by molar-refractivity contribution is 0.625. The molecule has 0 bridgehead atoms. The van der Waals surface area contributed by atoms with Crippen molar-refractivity contribution in [3.05, 3.63) is 50.6 Å². The van der Waals surface area contributed by atoms with E-state index in [9.17, 15) is 4.39 Å².